The van der Waals surface area contributed by atoms with Crippen molar-refractivity contribution in [1.82, 2.24) is 9.88 Å². The highest BCUT2D eigenvalue weighted by Gasteiger charge is 2.45. The number of methoxy groups -OCH3 is 1. The van der Waals surface area contributed by atoms with Crippen LogP contribution in [0.4, 0.5) is 26.3 Å². The summed E-state index contributed by atoms with van der Waals surface area (Å²) >= 11 is 0. The number of pyridine rings is 1. The third kappa shape index (κ3) is 5.90. The number of hydrogen-bond acceptors (Lipinski definition) is 5. The second-order valence-corrected chi connectivity index (χ2v) is 13.0. The fourth-order valence-electron chi connectivity index (χ4n) is 6.50. The monoisotopic (exact) mass is 600 g/mol. The molecule has 4 heterocycles. The minimum atomic E-state index is -5.16. The Morgan fingerprint density at radius 3 is 2.27 bits per heavy atom. The quantitative estimate of drug-likeness (QED) is 0.275. The molecule has 3 saturated heterocycles. The van der Waals surface area contributed by atoms with Crippen molar-refractivity contribution in [3.8, 4) is 5.75 Å². The van der Waals surface area contributed by atoms with Crippen LogP contribution in [0.2, 0.25) is 0 Å². The average Bonchev–Trinajstić information content (AvgIpc) is 2.94. The maximum atomic E-state index is 13.8. The second-order valence-electron chi connectivity index (χ2n) is 10.9. The van der Waals surface area contributed by atoms with Crippen LogP contribution in [0.25, 0.3) is 10.9 Å². The van der Waals surface area contributed by atoms with Crippen molar-refractivity contribution in [1.29, 1.82) is 0 Å². The molecule has 3 aliphatic heterocycles. The number of aromatic nitrogens is 1. The minimum Gasteiger partial charge on any atom is -0.497 e. The Hall–Kier alpha value is -2.86. The summed E-state index contributed by atoms with van der Waals surface area (Å²) in [6.45, 7) is 3.62. The number of nitrogens with zero attached hydrogens (tertiary/aromatic N) is 2. The van der Waals surface area contributed by atoms with Gasteiger partial charge in [-0.15, -0.1) is 0 Å². The number of ether oxygens (including phenoxy) is 1. The fraction of sp³-hybridized carbons (Fsp3) is 0.483. The molecule has 0 aliphatic carbocycles. The number of halogens is 6. The molecule has 41 heavy (non-hydrogen) atoms. The molecule has 0 radical (unpaired) electrons. The summed E-state index contributed by atoms with van der Waals surface area (Å²) < 4.78 is 114. The maximum Gasteiger partial charge on any atom is 0.416 e. The Morgan fingerprint density at radius 2 is 1.71 bits per heavy atom. The van der Waals surface area contributed by atoms with Crippen LogP contribution in [0.5, 0.6) is 5.75 Å². The topological polar surface area (TPSA) is 59.5 Å². The van der Waals surface area contributed by atoms with E-state index in [2.05, 4.69) is 16.8 Å². The standard InChI is InChI=1S/C29H30F6N2O3S/c1-3-17-15-37-9-7-18(17)10-27(37)25(23-6-8-36-26-5-4-21(40-2)14-24(23)26)16-41(38,39)22-12-19(28(30,31)32)11-20(13-22)29(33,34)35/h4-6,8,11-14,17-18,25,27H,3,7,9-10,15-16H2,1-2H3/t17?,18?,25-,27-/m0/s1. The van der Waals surface area contributed by atoms with E-state index in [4.69, 9.17) is 4.74 Å². The van der Waals surface area contributed by atoms with Crippen LogP contribution in [0.1, 0.15) is 48.8 Å². The zero-order chi connectivity index (χ0) is 29.7. The van der Waals surface area contributed by atoms with E-state index in [0.29, 0.717) is 52.6 Å². The van der Waals surface area contributed by atoms with Gasteiger partial charge in [-0.1, -0.05) is 13.3 Å². The molecule has 2 bridgehead atoms. The van der Waals surface area contributed by atoms with Gasteiger partial charge in [-0.25, -0.2) is 8.42 Å². The van der Waals surface area contributed by atoms with Crippen molar-refractivity contribution < 1.29 is 39.5 Å². The van der Waals surface area contributed by atoms with Gasteiger partial charge in [0.15, 0.2) is 9.84 Å². The molecule has 5 atom stereocenters. The van der Waals surface area contributed by atoms with Crippen LogP contribution in [-0.2, 0) is 22.2 Å². The van der Waals surface area contributed by atoms with Crippen molar-refractivity contribution in [2.24, 2.45) is 11.8 Å². The van der Waals surface area contributed by atoms with Crippen molar-refractivity contribution >= 4 is 20.7 Å². The summed E-state index contributed by atoms with van der Waals surface area (Å²) in [4.78, 5) is 5.61. The molecular formula is C29H30F6N2O3S. The van der Waals surface area contributed by atoms with Gasteiger partial charge in [0.05, 0.1) is 34.4 Å². The Labute approximate surface area is 234 Å². The van der Waals surface area contributed by atoms with Crippen molar-refractivity contribution in [3.63, 3.8) is 0 Å². The highest BCUT2D eigenvalue weighted by molar-refractivity contribution is 7.91. The largest absolute Gasteiger partial charge is 0.497 e. The van der Waals surface area contributed by atoms with Crippen LogP contribution in [-0.4, -0.2) is 50.3 Å². The van der Waals surface area contributed by atoms with Gasteiger partial charge in [-0.3, -0.25) is 9.88 Å². The zero-order valence-electron chi connectivity index (χ0n) is 22.5. The Bertz CT molecular complexity index is 1510. The Kier molecular flexibility index (Phi) is 7.78. The van der Waals surface area contributed by atoms with Crippen molar-refractivity contribution in [2.45, 2.75) is 55.4 Å². The van der Waals surface area contributed by atoms with E-state index in [0.717, 1.165) is 25.9 Å². The summed E-state index contributed by atoms with van der Waals surface area (Å²) in [6, 6.07) is 7.14. The van der Waals surface area contributed by atoms with E-state index < -0.39 is 49.9 Å². The lowest BCUT2D eigenvalue weighted by Gasteiger charge is -2.52. The summed E-state index contributed by atoms with van der Waals surface area (Å²) in [5.74, 6) is -0.0793. The van der Waals surface area contributed by atoms with Gasteiger partial charge in [0.2, 0.25) is 0 Å². The third-order valence-corrected chi connectivity index (χ3v) is 10.4. The van der Waals surface area contributed by atoms with E-state index in [-0.39, 0.29) is 12.1 Å². The number of piperidine rings is 3. The van der Waals surface area contributed by atoms with Gasteiger partial charge in [0.25, 0.3) is 0 Å². The van der Waals surface area contributed by atoms with Gasteiger partial charge in [0, 0.05) is 30.1 Å². The maximum absolute atomic E-state index is 13.8. The molecule has 3 aromatic rings. The first-order chi connectivity index (χ1) is 19.2. The predicted molar refractivity (Wildman–Crippen MR) is 141 cm³/mol. The van der Waals surface area contributed by atoms with Crippen LogP contribution in [0.15, 0.2) is 53.6 Å². The first-order valence-corrected chi connectivity index (χ1v) is 15.1. The lowest BCUT2D eigenvalue weighted by atomic mass is 9.70. The van der Waals surface area contributed by atoms with Crippen molar-refractivity contribution in [2.75, 3.05) is 26.0 Å². The number of alkyl halides is 6. The zero-order valence-corrected chi connectivity index (χ0v) is 23.3. The highest BCUT2D eigenvalue weighted by atomic mass is 32.2. The number of rotatable bonds is 7. The van der Waals surface area contributed by atoms with Crippen LogP contribution in [0.3, 0.4) is 0 Å². The highest BCUT2D eigenvalue weighted by Crippen LogP contribution is 2.45. The number of hydrogen-bond donors (Lipinski definition) is 0. The molecule has 6 rings (SSSR count). The molecule has 0 saturated carbocycles. The summed E-state index contributed by atoms with van der Waals surface area (Å²) in [7, 11) is -3.13. The molecule has 5 nitrogen and oxygen atoms in total. The van der Waals surface area contributed by atoms with Gasteiger partial charge in [-0.05, 0) is 79.3 Å². The number of sulfone groups is 1. The Morgan fingerprint density at radius 1 is 1.02 bits per heavy atom. The lowest BCUT2D eigenvalue weighted by molar-refractivity contribution is -0.143. The van der Waals surface area contributed by atoms with E-state index >= 15 is 0 Å². The van der Waals surface area contributed by atoms with E-state index in [9.17, 15) is 34.8 Å². The molecule has 0 N–H and O–H groups in total. The summed E-state index contributed by atoms with van der Waals surface area (Å²) in [5, 5.41) is 0.627. The second kappa shape index (κ2) is 10.8. The lowest BCUT2D eigenvalue weighted by Crippen LogP contribution is -2.56. The molecule has 12 heteroatoms. The van der Waals surface area contributed by atoms with Gasteiger partial charge in [0.1, 0.15) is 5.75 Å². The molecule has 2 aromatic carbocycles. The minimum absolute atomic E-state index is 0.0597. The summed E-state index contributed by atoms with van der Waals surface area (Å²) in [5.41, 5.74) is -2.13. The van der Waals surface area contributed by atoms with Crippen molar-refractivity contribution in [3.05, 3.63) is 65.4 Å². The molecule has 3 unspecified atom stereocenters. The fourth-order valence-corrected chi connectivity index (χ4v) is 8.18. The van der Waals surface area contributed by atoms with E-state index in [1.165, 1.54) is 7.11 Å². The normalized spacial score (nSPS) is 24.0. The SMILES string of the molecule is CCC1CN2CCC1C[C@H]2[C@@H](CS(=O)(=O)c1cc(C(F)(F)F)cc(C(F)(F)F)c1)c1ccnc2ccc(OC)cc12. The molecule has 0 spiro atoms. The molecule has 222 valence electrons. The molecular weight excluding hydrogens is 570 g/mol. The molecule has 3 fully saturated rings. The smallest absolute Gasteiger partial charge is 0.416 e. The first kappa shape index (κ1) is 29.6. The number of benzene rings is 2. The van der Waals surface area contributed by atoms with Gasteiger partial charge in [-0.2, -0.15) is 26.3 Å². The van der Waals surface area contributed by atoms with Gasteiger partial charge >= 0.3 is 12.4 Å². The first-order valence-electron chi connectivity index (χ1n) is 13.4. The predicted octanol–water partition coefficient (Wildman–Crippen LogP) is 6.96. The van der Waals surface area contributed by atoms with Crippen LogP contribution >= 0.6 is 0 Å². The number of fused-ring (bicyclic) bond motifs is 4. The third-order valence-electron chi connectivity index (χ3n) is 8.63. The average molecular weight is 601 g/mol. The molecule has 1 aromatic heterocycles. The van der Waals surface area contributed by atoms with E-state index in [1.54, 1.807) is 30.5 Å². The molecule has 0 amide bonds. The van der Waals surface area contributed by atoms with Crippen LogP contribution in [0, 0.1) is 11.8 Å². The van der Waals surface area contributed by atoms with Gasteiger partial charge < -0.3 is 4.74 Å². The van der Waals surface area contributed by atoms with E-state index in [1.807, 2.05) is 0 Å². The Balaban J connectivity index is 1.64. The molecule has 3 aliphatic rings. The summed E-state index contributed by atoms with van der Waals surface area (Å²) in [6.07, 6.45) is -6.17. The van der Waals surface area contributed by atoms with Crippen LogP contribution < -0.4 is 4.74 Å².